The number of halogens is 1. The van der Waals surface area contributed by atoms with E-state index in [4.69, 9.17) is 4.42 Å². The first-order valence-corrected chi connectivity index (χ1v) is 6.15. The number of nitrogens with one attached hydrogen (secondary N) is 1. The standard InChI is InChI=1S/C11H17BrN2O/c1-8(10-3-4-11(12)15-10)14(2)9-5-6-13-7-9/h3-4,8-9,13H,5-7H2,1-2H3. The highest BCUT2D eigenvalue weighted by atomic mass is 79.9. The summed E-state index contributed by atoms with van der Waals surface area (Å²) in [5, 5.41) is 3.38. The first-order chi connectivity index (χ1) is 7.18. The molecule has 2 unspecified atom stereocenters. The fourth-order valence-electron chi connectivity index (χ4n) is 2.06. The van der Waals surface area contributed by atoms with Crippen LogP contribution in [0.1, 0.15) is 25.1 Å². The normalized spacial score (nSPS) is 23.6. The van der Waals surface area contributed by atoms with Crippen LogP contribution in [0.2, 0.25) is 0 Å². The van der Waals surface area contributed by atoms with Crippen LogP contribution in [0, 0.1) is 0 Å². The second-order valence-corrected chi connectivity index (χ2v) is 4.91. The molecule has 1 N–H and O–H groups in total. The number of nitrogens with zero attached hydrogens (tertiary/aromatic N) is 1. The van der Waals surface area contributed by atoms with Crippen molar-refractivity contribution in [2.75, 3.05) is 20.1 Å². The van der Waals surface area contributed by atoms with Gasteiger partial charge in [0.15, 0.2) is 4.67 Å². The van der Waals surface area contributed by atoms with Crippen LogP contribution in [0.5, 0.6) is 0 Å². The molecule has 2 atom stereocenters. The first kappa shape index (κ1) is 11.2. The van der Waals surface area contributed by atoms with Gasteiger partial charge in [-0.05, 0) is 55.0 Å². The van der Waals surface area contributed by atoms with Gasteiger partial charge in [0, 0.05) is 12.6 Å². The second kappa shape index (κ2) is 4.68. The monoisotopic (exact) mass is 272 g/mol. The fraction of sp³-hybridized carbons (Fsp3) is 0.636. The number of hydrogen-bond donors (Lipinski definition) is 1. The Bertz CT molecular complexity index is 320. The van der Waals surface area contributed by atoms with E-state index in [0.29, 0.717) is 12.1 Å². The summed E-state index contributed by atoms with van der Waals surface area (Å²) < 4.78 is 6.39. The van der Waals surface area contributed by atoms with Crippen molar-refractivity contribution in [2.24, 2.45) is 0 Å². The van der Waals surface area contributed by atoms with Crippen molar-refractivity contribution >= 4 is 15.9 Å². The largest absolute Gasteiger partial charge is 0.453 e. The number of likely N-dealkylation sites (N-methyl/N-ethyl adjacent to an activating group) is 1. The van der Waals surface area contributed by atoms with Crippen LogP contribution in [0.15, 0.2) is 21.2 Å². The summed E-state index contributed by atoms with van der Waals surface area (Å²) in [6, 6.07) is 4.95. The minimum Gasteiger partial charge on any atom is -0.453 e. The molecule has 1 aromatic rings. The Hall–Kier alpha value is -0.320. The summed E-state index contributed by atoms with van der Waals surface area (Å²) in [5.74, 6) is 1.02. The Kier molecular flexibility index (Phi) is 3.49. The van der Waals surface area contributed by atoms with E-state index in [1.165, 1.54) is 6.42 Å². The molecule has 84 valence electrons. The van der Waals surface area contributed by atoms with Gasteiger partial charge in [0.1, 0.15) is 5.76 Å². The maximum absolute atomic E-state index is 5.58. The van der Waals surface area contributed by atoms with E-state index >= 15 is 0 Å². The zero-order valence-corrected chi connectivity index (χ0v) is 10.8. The molecule has 0 radical (unpaired) electrons. The molecule has 0 amide bonds. The summed E-state index contributed by atoms with van der Waals surface area (Å²) >= 11 is 3.34. The highest BCUT2D eigenvalue weighted by Gasteiger charge is 2.25. The Morgan fingerprint density at radius 2 is 2.40 bits per heavy atom. The molecule has 1 aliphatic rings. The number of hydrogen-bond acceptors (Lipinski definition) is 3. The van der Waals surface area contributed by atoms with Crippen molar-refractivity contribution in [2.45, 2.75) is 25.4 Å². The van der Waals surface area contributed by atoms with Gasteiger partial charge >= 0.3 is 0 Å². The van der Waals surface area contributed by atoms with E-state index in [1.807, 2.05) is 12.1 Å². The molecule has 0 bridgehead atoms. The van der Waals surface area contributed by atoms with Crippen molar-refractivity contribution in [3.05, 3.63) is 22.6 Å². The molecular weight excluding hydrogens is 256 g/mol. The molecule has 1 aromatic heterocycles. The SMILES string of the molecule is CC(c1ccc(Br)o1)N(C)C1CCNC1. The quantitative estimate of drug-likeness (QED) is 0.916. The Morgan fingerprint density at radius 1 is 1.60 bits per heavy atom. The summed E-state index contributed by atoms with van der Waals surface area (Å²) in [7, 11) is 2.17. The van der Waals surface area contributed by atoms with Gasteiger partial charge in [0.25, 0.3) is 0 Å². The minimum absolute atomic E-state index is 0.334. The van der Waals surface area contributed by atoms with Gasteiger partial charge in [-0.3, -0.25) is 4.90 Å². The van der Waals surface area contributed by atoms with Crippen molar-refractivity contribution in [1.82, 2.24) is 10.2 Å². The van der Waals surface area contributed by atoms with Gasteiger partial charge in [-0.25, -0.2) is 0 Å². The van der Waals surface area contributed by atoms with Crippen LogP contribution in [0.3, 0.4) is 0 Å². The number of rotatable bonds is 3. The lowest BCUT2D eigenvalue weighted by Crippen LogP contribution is -2.35. The van der Waals surface area contributed by atoms with E-state index < -0.39 is 0 Å². The van der Waals surface area contributed by atoms with Crippen LogP contribution >= 0.6 is 15.9 Å². The highest BCUT2D eigenvalue weighted by molar-refractivity contribution is 9.10. The topological polar surface area (TPSA) is 28.4 Å². The molecule has 1 saturated heterocycles. The average Bonchev–Trinajstić information content (AvgIpc) is 2.85. The number of furan rings is 1. The summed E-state index contributed by atoms with van der Waals surface area (Å²) in [6.45, 7) is 4.40. The predicted molar refractivity (Wildman–Crippen MR) is 63.9 cm³/mol. The van der Waals surface area contributed by atoms with Gasteiger partial charge in [-0.2, -0.15) is 0 Å². The molecule has 1 aliphatic heterocycles. The zero-order valence-electron chi connectivity index (χ0n) is 9.16. The zero-order chi connectivity index (χ0) is 10.8. The van der Waals surface area contributed by atoms with Gasteiger partial charge in [0.05, 0.1) is 6.04 Å². The van der Waals surface area contributed by atoms with Gasteiger partial charge < -0.3 is 9.73 Å². The maximum atomic E-state index is 5.58. The lowest BCUT2D eigenvalue weighted by Gasteiger charge is -2.28. The third-order valence-corrected chi connectivity index (χ3v) is 3.65. The lowest BCUT2D eigenvalue weighted by molar-refractivity contribution is 0.175. The second-order valence-electron chi connectivity index (χ2n) is 4.13. The van der Waals surface area contributed by atoms with Crippen molar-refractivity contribution < 1.29 is 4.42 Å². The third-order valence-electron chi connectivity index (χ3n) is 3.23. The van der Waals surface area contributed by atoms with E-state index in [2.05, 4.69) is 40.1 Å². The molecule has 2 rings (SSSR count). The van der Waals surface area contributed by atoms with Crippen LogP contribution < -0.4 is 5.32 Å². The first-order valence-electron chi connectivity index (χ1n) is 5.36. The molecule has 0 aliphatic carbocycles. The summed E-state index contributed by atoms with van der Waals surface area (Å²) in [4.78, 5) is 2.38. The smallest absolute Gasteiger partial charge is 0.169 e. The lowest BCUT2D eigenvalue weighted by atomic mass is 10.1. The Balaban J connectivity index is 2.03. The van der Waals surface area contributed by atoms with Crippen molar-refractivity contribution in [3.63, 3.8) is 0 Å². The van der Waals surface area contributed by atoms with Crippen molar-refractivity contribution in [1.29, 1.82) is 0 Å². The maximum Gasteiger partial charge on any atom is 0.169 e. The van der Waals surface area contributed by atoms with Gasteiger partial charge in [0.2, 0.25) is 0 Å². The van der Waals surface area contributed by atoms with Crippen LogP contribution in [0.4, 0.5) is 0 Å². The van der Waals surface area contributed by atoms with Crippen LogP contribution in [-0.4, -0.2) is 31.1 Å². The fourth-order valence-corrected chi connectivity index (χ4v) is 2.38. The predicted octanol–water partition coefficient (Wildman–Crippen LogP) is 2.40. The average molecular weight is 273 g/mol. The molecule has 0 aromatic carbocycles. The molecule has 1 fully saturated rings. The van der Waals surface area contributed by atoms with Crippen LogP contribution in [-0.2, 0) is 0 Å². The molecule has 2 heterocycles. The molecular formula is C11H17BrN2O. The van der Waals surface area contributed by atoms with Crippen molar-refractivity contribution in [3.8, 4) is 0 Å². The minimum atomic E-state index is 0.334. The van der Waals surface area contributed by atoms with E-state index in [1.54, 1.807) is 0 Å². The van der Waals surface area contributed by atoms with E-state index in [9.17, 15) is 0 Å². The molecule has 4 heteroatoms. The summed E-state index contributed by atoms with van der Waals surface area (Å²) in [5.41, 5.74) is 0. The van der Waals surface area contributed by atoms with Gasteiger partial charge in [-0.15, -0.1) is 0 Å². The van der Waals surface area contributed by atoms with E-state index in [0.717, 1.165) is 23.5 Å². The Morgan fingerprint density at radius 3 is 2.93 bits per heavy atom. The molecule has 15 heavy (non-hydrogen) atoms. The van der Waals surface area contributed by atoms with Gasteiger partial charge in [-0.1, -0.05) is 0 Å². The molecule has 3 nitrogen and oxygen atoms in total. The highest BCUT2D eigenvalue weighted by Crippen LogP contribution is 2.26. The Labute approximate surface area is 99.0 Å². The van der Waals surface area contributed by atoms with Crippen LogP contribution in [0.25, 0.3) is 0 Å². The molecule has 0 spiro atoms. The summed E-state index contributed by atoms with van der Waals surface area (Å²) in [6.07, 6.45) is 1.22. The van der Waals surface area contributed by atoms with E-state index in [-0.39, 0.29) is 0 Å². The third kappa shape index (κ3) is 2.44. The molecule has 0 saturated carbocycles.